The molecule has 0 saturated carbocycles. The highest BCUT2D eigenvalue weighted by Crippen LogP contribution is 2.20. The lowest BCUT2D eigenvalue weighted by Crippen LogP contribution is -1.98. The maximum absolute atomic E-state index is 5.67. The summed E-state index contributed by atoms with van der Waals surface area (Å²) in [5, 5.41) is 0. The first-order valence-corrected chi connectivity index (χ1v) is 7.43. The maximum Gasteiger partial charge on any atom is 0.232 e. The van der Waals surface area contributed by atoms with Crippen LogP contribution in [0.3, 0.4) is 0 Å². The molecule has 2 heterocycles. The van der Waals surface area contributed by atoms with Crippen molar-refractivity contribution in [3.63, 3.8) is 0 Å². The summed E-state index contributed by atoms with van der Waals surface area (Å²) in [6.45, 7) is 2.96. The van der Waals surface area contributed by atoms with Crippen molar-refractivity contribution in [1.82, 2.24) is 15.0 Å². The molecule has 0 atom stereocenters. The van der Waals surface area contributed by atoms with E-state index >= 15 is 0 Å². The summed E-state index contributed by atoms with van der Waals surface area (Å²) >= 11 is 0. The van der Waals surface area contributed by atoms with Gasteiger partial charge in [0.05, 0.1) is 24.7 Å². The number of benzene rings is 1. The lowest BCUT2D eigenvalue weighted by Gasteiger charge is -2.07. The topological polar surface area (TPSA) is 57.1 Å². The Hall–Kier alpha value is -2.95. The molecule has 0 bridgehead atoms. The van der Waals surface area contributed by atoms with E-state index in [0.29, 0.717) is 25.0 Å². The molecule has 116 valence electrons. The molecule has 0 amide bonds. The van der Waals surface area contributed by atoms with Crippen LogP contribution in [-0.4, -0.2) is 21.6 Å². The quantitative estimate of drug-likeness (QED) is 0.697. The smallest absolute Gasteiger partial charge is 0.232 e. The second-order valence-corrected chi connectivity index (χ2v) is 4.83. The van der Waals surface area contributed by atoms with E-state index in [-0.39, 0.29) is 0 Å². The van der Waals surface area contributed by atoms with Gasteiger partial charge in [-0.2, -0.15) is 0 Å². The lowest BCUT2D eigenvalue weighted by molar-refractivity contribution is 0.294. The third-order valence-electron chi connectivity index (χ3n) is 3.17. The molecular weight excluding hydrogens is 290 g/mol. The summed E-state index contributed by atoms with van der Waals surface area (Å²) in [6, 6.07) is 13.7. The molecule has 0 saturated heterocycles. The number of pyridine rings is 1. The Morgan fingerprint density at radius 3 is 2.48 bits per heavy atom. The Morgan fingerprint density at radius 1 is 0.870 bits per heavy atom. The zero-order chi connectivity index (χ0) is 15.9. The van der Waals surface area contributed by atoms with Crippen LogP contribution in [0.4, 0.5) is 0 Å². The molecular formula is C18H17N3O2. The fourth-order valence-corrected chi connectivity index (χ4v) is 2.05. The van der Waals surface area contributed by atoms with Crippen LogP contribution >= 0.6 is 0 Å². The van der Waals surface area contributed by atoms with Crippen LogP contribution in [0.15, 0.2) is 61.1 Å². The molecule has 1 aromatic carbocycles. The van der Waals surface area contributed by atoms with E-state index < -0.39 is 0 Å². The SMILES string of the molecule is CCOc1cncc(-c2ccc(OCc3ccccc3)nc2)n1. The average Bonchev–Trinajstić information content (AvgIpc) is 2.62. The number of ether oxygens (including phenoxy) is 2. The van der Waals surface area contributed by atoms with Crippen LogP contribution in [-0.2, 0) is 6.61 Å². The molecule has 0 aliphatic rings. The zero-order valence-corrected chi connectivity index (χ0v) is 12.8. The highest BCUT2D eigenvalue weighted by atomic mass is 16.5. The molecule has 5 heteroatoms. The second-order valence-electron chi connectivity index (χ2n) is 4.83. The van der Waals surface area contributed by atoms with Gasteiger partial charge in [-0.05, 0) is 18.6 Å². The normalized spacial score (nSPS) is 10.3. The van der Waals surface area contributed by atoms with E-state index in [9.17, 15) is 0 Å². The lowest BCUT2D eigenvalue weighted by atomic mass is 10.2. The number of rotatable bonds is 6. The van der Waals surface area contributed by atoms with E-state index in [4.69, 9.17) is 9.47 Å². The standard InChI is InChI=1S/C18H17N3O2/c1-2-22-18-12-19-11-16(21-18)15-8-9-17(20-10-15)23-13-14-6-4-3-5-7-14/h3-12H,2,13H2,1H3. The molecule has 0 fully saturated rings. The first-order valence-electron chi connectivity index (χ1n) is 7.43. The van der Waals surface area contributed by atoms with E-state index in [1.807, 2.05) is 49.4 Å². The molecule has 0 spiro atoms. The first-order chi connectivity index (χ1) is 11.3. The van der Waals surface area contributed by atoms with Gasteiger partial charge >= 0.3 is 0 Å². The Kier molecular flexibility index (Phi) is 4.79. The van der Waals surface area contributed by atoms with Gasteiger partial charge < -0.3 is 9.47 Å². The number of hydrogen-bond donors (Lipinski definition) is 0. The van der Waals surface area contributed by atoms with Gasteiger partial charge in [0.2, 0.25) is 11.8 Å². The third kappa shape index (κ3) is 4.03. The fourth-order valence-electron chi connectivity index (χ4n) is 2.05. The Labute approximate surface area is 135 Å². The van der Waals surface area contributed by atoms with Gasteiger partial charge in [-0.1, -0.05) is 30.3 Å². The third-order valence-corrected chi connectivity index (χ3v) is 3.17. The van der Waals surface area contributed by atoms with Gasteiger partial charge in [-0.15, -0.1) is 0 Å². The predicted octanol–water partition coefficient (Wildman–Crippen LogP) is 3.52. The van der Waals surface area contributed by atoms with Crippen molar-refractivity contribution < 1.29 is 9.47 Å². The molecule has 0 unspecified atom stereocenters. The number of nitrogens with zero attached hydrogens (tertiary/aromatic N) is 3. The fraction of sp³-hybridized carbons (Fsp3) is 0.167. The zero-order valence-electron chi connectivity index (χ0n) is 12.8. The van der Waals surface area contributed by atoms with Crippen molar-refractivity contribution in [2.45, 2.75) is 13.5 Å². The van der Waals surface area contributed by atoms with E-state index in [0.717, 1.165) is 16.8 Å². The highest BCUT2D eigenvalue weighted by molar-refractivity contribution is 5.57. The van der Waals surface area contributed by atoms with Gasteiger partial charge in [0, 0.05) is 17.8 Å². The Bertz CT molecular complexity index is 746. The largest absolute Gasteiger partial charge is 0.477 e. The summed E-state index contributed by atoms with van der Waals surface area (Å²) in [7, 11) is 0. The van der Waals surface area contributed by atoms with Gasteiger partial charge in [0.1, 0.15) is 6.61 Å². The van der Waals surface area contributed by atoms with Crippen molar-refractivity contribution in [2.24, 2.45) is 0 Å². The van der Waals surface area contributed by atoms with E-state index in [2.05, 4.69) is 15.0 Å². The predicted molar refractivity (Wildman–Crippen MR) is 87.2 cm³/mol. The van der Waals surface area contributed by atoms with Crippen molar-refractivity contribution in [2.75, 3.05) is 6.61 Å². The maximum atomic E-state index is 5.67. The van der Waals surface area contributed by atoms with Crippen LogP contribution in [0.2, 0.25) is 0 Å². The van der Waals surface area contributed by atoms with Gasteiger partial charge in [-0.25, -0.2) is 9.97 Å². The van der Waals surface area contributed by atoms with Crippen LogP contribution in [0, 0.1) is 0 Å². The van der Waals surface area contributed by atoms with E-state index in [1.54, 1.807) is 18.6 Å². The molecule has 3 aromatic rings. The number of hydrogen-bond acceptors (Lipinski definition) is 5. The molecule has 2 aromatic heterocycles. The average molecular weight is 307 g/mol. The van der Waals surface area contributed by atoms with Crippen LogP contribution in [0.5, 0.6) is 11.8 Å². The van der Waals surface area contributed by atoms with Crippen molar-refractivity contribution >= 4 is 0 Å². The minimum Gasteiger partial charge on any atom is -0.477 e. The molecule has 3 rings (SSSR count). The molecule has 0 aliphatic carbocycles. The van der Waals surface area contributed by atoms with Crippen molar-refractivity contribution in [3.05, 3.63) is 66.6 Å². The summed E-state index contributed by atoms with van der Waals surface area (Å²) in [4.78, 5) is 12.8. The van der Waals surface area contributed by atoms with E-state index in [1.165, 1.54) is 0 Å². The second kappa shape index (κ2) is 7.35. The minimum absolute atomic E-state index is 0.493. The summed E-state index contributed by atoms with van der Waals surface area (Å²) in [5.74, 6) is 1.08. The molecule has 0 radical (unpaired) electrons. The summed E-state index contributed by atoms with van der Waals surface area (Å²) in [6.07, 6.45) is 5.00. The van der Waals surface area contributed by atoms with Gasteiger partial charge in [0.15, 0.2) is 0 Å². The molecule has 0 N–H and O–H groups in total. The molecule has 5 nitrogen and oxygen atoms in total. The summed E-state index contributed by atoms with van der Waals surface area (Å²) < 4.78 is 11.0. The molecule has 23 heavy (non-hydrogen) atoms. The molecule has 0 aliphatic heterocycles. The van der Waals surface area contributed by atoms with Crippen LogP contribution in [0.1, 0.15) is 12.5 Å². The Balaban J connectivity index is 1.68. The van der Waals surface area contributed by atoms with Crippen molar-refractivity contribution in [1.29, 1.82) is 0 Å². The number of aromatic nitrogens is 3. The first kappa shape index (κ1) is 15.0. The Morgan fingerprint density at radius 2 is 1.74 bits per heavy atom. The van der Waals surface area contributed by atoms with Crippen LogP contribution < -0.4 is 9.47 Å². The van der Waals surface area contributed by atoms with Gasteiger partial charge in [0.25, 0.3) is 0 Å². The van der Waals surface area contributed by atoms with Gasteiger partial charge in [-0.3, -0.25) is 4.98 Å². The monoisotopic (exact) mass is 307 g/mol. The minimum atomic E-state index is 0.493. The summed E-state index contributed by atoms with van der Waals surface area (Å²) in [5.41, 5.74) is 2.69. The van der Waals surface area contributed by atoms with Crippen molar-refractivity contribution in [3.8, 4) is 23.0 Å². The van der Waals surface area contributed by atoms with Crippen LogP contribution in [0.25, 0.3) is 11.3 Å². The highest BCUT2D eigenvalue weighted by Gasteiger charge is 2.04.